The van der Waals surface area contributed by atoms with E-state index in [-0.39, 0.29) is 35.9 Å². The van der Waals surface area contributed by atoms with Crippen LogP contribution in [0.15, 0.2) is 29.3 Å². The zero-order valence-corrected chi connectivity index (χ0v) is 17.0. The number of guanidine groups is 1. The molecule has 1 saturated heterocycles. The second kappa shape index (κ2) is 10.5. The summed E-state index contributed by atoms with van der Waals surface area (Å²) in [4.78, 5) is 18.8. The number of benzene rings is 1. The number of amides is 1. The first-order chi connectivity index (χ1) is 11.1. The number of aliphatic imine (C=N–C) groups is 1. The van der Waals surface area contributed by atoms with Crippen LogP contribution in [-0.4, -0.2) is 35.9 Å². The van der Waals surface area contributed by atoms with Crippen LogP contribution in [0.3, 0.4) is 0 Å². The zero-order chi connectivity index (χ0) is 16.7. The SMILES string of the molecule is CCC(C)NC(=O)c1cccc(CN=C(N)N2CCCCC2)c1.I. The van der Waals surface area contributed by atoms with Crippen molar-refractivity contribution in [2.24, 2.45) is 10.7 Å². The number of carbonyl (C=O) groups is 1. The Morgan fingerprint density at radius 2 is 2.04 bits per heavy atom. The quantitative estimate of drug-likeness (QED) is 0.417. The summed E-state index contributed by atoms with van der Waals surface area (Å²) in [5.74, 6) is 0.577. The molecular formula is C18H29IN4O. The number of hydrogen-bond acceptors (Lipinski definition) is 2. The van der Waals surface area contributed by atoms with Crippen LogP contribution in [0.2, 0.25) is 0 Å². The van der Waals surface area contributed by atoms with E-state index in [0.29, 0.717) is 18.1 Å². The molecule has 0 saturated carbocycles. The third kappa shape index (κ3) is 6.30. The molecule has 0 aromatic heterocycles. The molecule has 1 aliphatic rings. The van der Waals surface area contributed by atoms with Gasteiger partial charge in [0.2, 0.25) is 0 Å². The Morgan fingerprint density at radius 1 is 1.33 bits per heavy atom. The fraction of sp³-hybridized carbons (Fsp3) is 0.556. The van der Waals surface area contributed by atoms with E-state index in [4.69, 9.17) is 5.73 Å². The molecule has 0 radical (unpaired) electrons. The minimum Gasteiger partial charge on any atom is -0.370 e. The Bertz CT molecular complexity index is 556. The van der Waals surface area contributed by atoms with E-state index in [1.54, 1.807) is 0 Å². The third-order valence-electron chi connectivity index (χ3n) is 4.28. The summed E-state index contributed by atoms with van der Waals surface area (Å²) in [7, 11) is 0. The first-order valence-corrected chi connectivity index (χ1v) is 8.54. The van der Waals surface area contributed by atoms with Gasteiger partial charge in [-0.1, -0.05) is 19.1 Å². The van der Waals surface area contributed by atoms with Crippen LogP contribution in [0.5, 0.6) is 0 Å². The van der Waals surface area contributed by atoms with Gasteiger partial charge >= 0.3 is 0 Å². The first kappa shape index (κ1) is 20.7. The van der Waals surface area contributed by atoms with Gasteiger partial charge in [0, 0.05) is 24.7 Å². The van der Waals surface area contributed by atoms with Crippen LogP contribution in [-0.2, 0) is 6.54 Å². The number of carbonyl (C=O) groups excluding carboxylic acids is 1. The van der Waals surface area contributed by atoms with Crippen molar-refractivity contribution < 1.29 is 4.79 Å². The van der Waals surface area contributed by atoms with E-state index in [1.165, 1.54) is 19.3 Å². The lowest BCUT2D eigenvalue weighted by atomic mass is 10.1. The fourth-order valence-corrected chi connectivity index (χ4v) is 2.62. The second-order valence-electron chi connectivity index (χ2n) is 6.21. The third-order valence-corrected chi connectivity index (χ3v) is 4.28. The molecule has 24 heavy (non-hydrogen) atoms. The van der Waals surface area contributed by atoms with Crippen LogP contribution < -0.4 is 11.1 Å². The number of nitrogens with one attached hydrogen (secondary N) is 1. The smallest absolute Gasteiger partial charge is 0.251 e. The van der Waals surface area contributed by atoms with Crippen molar-refractivity contribution in [2.75, 3.05) is 13.1 Å². The number of piperidine rings is 1. The molecule has 1 unspecified atom stereocenters. The maximum absolute atomic E-state index is 12.2. The molecule has 1 atom stereocenters. The molecule has 1 aromatic carbocycles. The van der Waals surface area contributed by atoms with Crippen LogP contribution in [0, 0.1) is 0 Å². The van der Waals surface area contributed by atoms with Gasteiger partial charge < -0.3 is 16.0 Å². The van der Waals surface area contributed by atoms with Gasteiger partial charge in [-0.2, -0.15) is 0 Å². The molecule has 5 nitrogen and oxygen atoms in total. The summed E-state index contributed by atoms with van der Waals surface area (Å²) in [5.41, 5.74) is 7.75. The first-order valence-electron chi connectivity index (χ1n) is 8.54. The molecule has 1 aliphatic heterocycles. The Kier molecular flexibility index (Phi) is 9.10. The van der Waals surface area contributed by atoms with E-state index in [2.05, 4.69) is 22.1 Å². The average Bonchev–Trinajstić information content (AvgIpc) is 2.60. The zero-order valence-electron chi connectivity index (χ0n) is 14.6. The Morgan fingerprint density at radius 3 is 2.71 bits per heavy atom. The van der Waals surface area contributed by atoms with Gasteiger partial charge in [-0.15, -0.1) is 24.0 Å². The number of rotatable bonds is 5. The van der Waals surface area contributed by atoms with Gasteiger partial charge in [0.15, 0.2) is 5.96 Å². The molecule has 1 heterocycles. The molecule has 1 aromatic rings. The average molecular weight is 444 g/mol. The molecule has 1 amide bonds. The standard InChI is InChI=1S/C18H28N4O.HI/c1-3-14(2)21-17(23)16-9-7-8-15(12-16)13-20-18(19)22-10-5-4-6-11-22;/h7-9,12,14H,3-6,10-11,13H2,1-2H3,(H2,19,20)(H,21,23);1H. The number of nitrogens with zero attached hydrogens (tertiary/aromatic N) is 2. The highest BCUT2D eigenvalue weighted by Gasteiger charge is 2.12. The van der Waals surface area contributed by atoms with Crippen molar-refractivity contribution in [3.05, 3.63) is 35.4 Å². The van der Waals surface area contributed by atoms with Gasteiger partial charge in [0.05, 0.1) is 6.54 Å². The molecule has 0 aliphatic carbocycles. The van der Waals surface area contributed by atoms with Gasteiger partial charge in [-0.3, -0.25) is 4.79 Å². The minimum absolute atomic E-state index is 0. The van der Waals surface area contributed by atoms with Gasteiger partial charge in [0.1, 0.15) is 0 Å². The highest BCUT2D eigenvalue weighted by Crippen LogP contribution is 2.10. The topological polar surface area (TPSA) is 70.7 Å². The van der Waals surface area contributed by atoms with Crippen LogP contribution in [0.4, 0.5) is 0 Å². The van der Waals surface area contributed by atoms with E-state index < -0.39 is 0 Å². The monoisotopic (exact) mass is 444 g/mol. The van der Waals surface area contributed by atoms with Gasteiger partial charge in [-0.25, -0.2) is 4.99 Å². The normalized spacial score (nSPS) is 16.2. The summed E-state index contributed by atoms with van der Waals surface area (Å²) in [5, 5.41) is 2.98. The maximum Gasteiger partial charge on any atom is 0.251 e. The Balaban J connectivity index is 0.00000288. The van der Waals surface area contributed by atoms with Crippen LogP contribution in [0.25, 0.3) is 0 Å². The number of nitrogens with two attached hydrogens (primary N) is 1. The van der Waals surface area contributed by atoms with Crippen LogP contribution in [0.1, 0.15) is 55.5 Å². The molecular weight excluding hydrogens is 415 g/mol. The molecule has 1 fully saturated rings. The summed E-state index contributed by atoms with van der Waals surface area (Å²) in [6.07, 6.45) is 4.56. The van der Waals surface area contributed by atoms with Gasteiger partial charge in [-0.05, 0) is 50.3 Å². The lowest BCUT2D eigenvalue weighted by Crippen LogP contribution is -2.40. The Hall–Kier alpha value is -1.31. The molecule has 0 spiro atoms. The summed E-state index contributed by atoms with van der Waals surface area (Å²) < 4.78 is 0. The van der Waals surface area contributed by atoms with Crippen molar-refractivity contribution >= 4 is 35.8 Å². The predicted octanol–water partition coefficient (Wildman–Crippen LogP) is 3.13. The van der Waals surface area contributed by atoms with Gasteiger partial charge in [0.25, 0.3) is 5.91 Å². The largest absolute Gasteiger partial charge is 0.370 e. The van der Waals surface area contributed by atoms with Crippen molar-refractivity contribution in [1.82, 2.24) is 10.2 Å². The fourth-order valence-electron chi connectivity index (χ4n) is 2.62. The van der Waals surface area contributed by atoms with Crippen molar-refractivity contribution in [3.8, 4) is 0 Å². The van der Waals surface area contributed by atoms with Crippen LogP contribution >= 0.6 is 24.0 Å². The van der Waals surface area contributed by atoms with E-state index in [9.17, 15) is 4.79 Å². The van der Waals surface area contributed by atoms with E-state index in [1.807, 2.05) is 31.2 Å². The van der Waals surface area contributed by atoms with E-state index in [0.717, 1.165) is 25.1 Å². The molecule has 134 valence electrons. The lowest BCUT2D eigenvalue weighted by Gasteiger charge is -2.27. The molecule has 3 N–H and O–H groups in total. The van der Waals surface area contributed by atoms with Crippen molar-refractivity contribution in [3.63, 3.8) is 0 Å². The highest BCUT2D eigenvalue weighted by molar-refractivity contribution is 14.0. The van der Waals surface area contributed by atoms with Crippen molar-refractivity contribution in [1.29, 1.82) is 0 Å². The number of likely N-dealkylation sites (tertiary alicyclic amines) is 1. The summed E-state index contributed by atoms with van der Waals surface area (Å²) in [6, 6.07) is 7.78. The second-order valence-corrected chi connectivity index (χ2v) is 6.21. The lowest BCUT2D eigenvalue weighted by molar-refractivity contribution is 0.0939. The molecule has 6 heteroatoms. The van der Waals surface area contributed by atoms with E-state index >= 15 is 0 Å². The summed E-state index contributed by atoms with van der Waals surface area (Å²) >= 11 is 0. The van der Waals surface area contributed by atoms with Crippen molar-refractivity contribution in [2.45, 2.75) is 52.1 Å². The number of hydrogen-bond donors (Lipinski definition) is 2. The summed E-state index contributed by atoms with van der Waals surface area (Å²) in [6.45, 7) is 6.55. The minimum atomic E-state index is -0.0332. The number of halogens is 1. The molecule has 0 bridgehead atoms. The predicted molar refractivity (Wildman–Crippen MR) is 110 cm³/mol. The highest BCUT2D eigenvalue weighted by atomic mass is 127. The Labute approximate surface area is 162 Å². The maximum atomic E-state index is 12.2. The molecule has 2 rings (SSSR count).